The van der Waals surface area contributed by atoms with Crippen molar-refractivity contribution in [3.8, 4) is 0 Å². The Bertz CT molecular complexity index is 391. The van der Waals surface area contributed by atoms with Gasteiger partial charge in [-0.15, -0.1) is 0 Å². The average molecular weight is 247 g/mol. The Morgan fingerprint density at radius 3 is 2.33 bits per heavy atom. The standard InChI is InChI=1S/C15H21NO2/c1-11-3-7-13(8-4-11)16-15(17)12-5-9-14(18-2)10-6-12/h3-4,7-8,12,14H,5-6,9-10H2,1-2H3,(H,16,17). The van der Waals surface area contributed by atoms with Gasteiger partial charge in [0.25, 0.3) is 0 Å². The van der Waals surface area contributed by atoms with E-state index < -0.39 is 0 Å². The number of carbonyl (C=O) groups is 1. The zero-order valence-electron chi connectivity index (χ0n) is 11.1. The number of rotatable bonds is 3. The summed E-state index contributed by atoms with van der Waals surface area (Å²) in [6.07, 6.45) is 4.17. The van der Waals surface area contributed by atoms with E-state index in [-0.39, 0.29) is 11.8 Å². The molecule has 1 aliphatic rings. The minimum atomic E-state index is 0.137. The van der Waals surface area contributed by atoms with Crippen LogP contribution in [0.15, 0.2) is 24.3 Å². The third-order valence-electron chi connectivity index (χ3n) is 3.70. The SMILES string of the molecule is COC1CCC(C(=O)Nc2ccc(C)cc2)CC1. The Labute approximate surface area is 109 Å². The van der Waals surface area contributed by atoms with E-state index in [1.165, 1.54) is 5.56 Å². The molecule has 2 rings (SSSR count). The van der Waals surface area contributed by atoms with E-state index in [4.69, 9.17) is 4.74 Å². The first-order chi connectivity index (χ1) is 8.69. The van der Waals surface area contributed by atoms with Crippen LogP contribution in [-0.2, 0) is 9.53 Å². The lowest BCUT2D eigenvalue weighted by Gasteiger charge is -2.26. The monoisotopic (exact) mass is 247 g/mol. The van der Waals surface area contributed by atoms with Crippen LogP contribution in [0, 0.1) is 12.8 Å². The van der Waals surface area contributed by atoms with Crippen LogP contribution in [0.5, 0.6) is 0 Å². The van der Waals surface area contributed by atoms with Gasteiger partial charge in [-0.2, -0.15) is 0 Å². The maximum absolute atomic E-state index is 12.1. The number of ether oxygens (including phenoxy) is 1. The van der Waals surface area contributed by atoms with Crippen LogP contribution >= 0.6 is 0 Å². The molecule has 0 aromatic heterocycles. The van der Waals surface area contributed by atoms with Crippen molar-refractivity contribution in [3.63, 3.8) is 0 Å². The van der Waals surface area contributed by atoms with E-state index in [2.05, 4.69) is 5.32 Å². The fraction of sp³-hybridized carbons (Fsp3) is 0.533. The van der Waals surface area contributed by atoms with Gasteiger partial charge in [-0.3, -0.25) is 4.79 Å². The number of methoxy groups -OCH3 is 1. The van der Waals surface area contributed by atoms with Crippen molar-refractivity contribution < 1.29 is 9.53 Å². The molecule has 3 nitrogen and oxygen atoms in total. The quantitative estimate of drug-likeness (QED) is 0.891. The Hall–Kier alpha value is -1.35. The van der Waals surface area contributed by atoms with Crippen LogP contribution in [0.2, 0.25) is 0 Å². The fourth-order valence-electron chi connectivity index (χ4n) is 2.44. The summed E-state index contributed by atoms with van der Waals surface area (Å²) in [4.78, 5) is 12.1. The number of aryl methyl sites for hydroxylation is 1. The second-order valence-electron chi connectivity index (χ2n) is 5.06. The molecule has 0 aliphatic heterocycles. The third kappa shape index (κ3) is 3.33. The second-order valence-corrected chi connectivity index (χ2v) is 5.06. The van der Waals surface area contributed by atoms with Crippen molar-refractivity contribution in [2.24, 2.45) is 5.92 Å². The van der Waals surface area contributed by atoms with Gasteiger partial charge in [-0.05, 0) is 44.7 Å². The smallest absolute Gasteiger partial charge is 0.227 e. The highest BCUT2D eigenvalue weighted by Crippen LogP contribution is 2.27. The maximum Gasteiger partial charge on any atom is 0.227 e. The molecule has 0 spiro atoms. The molecule has 18 heavy (non-hydrogen) atoms. The lowest BCUT2D eigenvalue weighted by Crippen LogP contribution is -2.29. The molecule has 1 aromatic carbocycles. The number of nitrogens with one attached hydrogen (secondary N) is 1. The first kappa shape index (κ1) is 13.1. The summed E-state index contributed by atoms with van der Waals surface area (Å²) in [7, 11) is 1.75. The molecule has 98 valence electrons. The number of carbonyl (C=O) groups excluding carboxylic acids is 1. The van der Waals surface area contributed by atoms with Crippen molar-refractivity contribution in [3.05, 3.63) is 29.8 Å². The summed E-state index contributed by atoms with van der Waals surface area (Å²) in [5.41, 5.74) is 2.09. The summed E-state index contributed by atoms with van der Waals surface area (Å²) in [6, 6.07) is 7.93. The number of amides is 1. The summed E-state index contributed by atoms with van der Waals surface area (Å²) in [6.45, 7) is 2.04. The summed E-state index contributed by atoms with van der Waals surface area (Å²) in [5.74, 6) is 0.283. The van der Waals surface area contributed by atoms with Gasteiger partial charge in [-0.25, -0.2) is 0 Å². The van der Waals surface area contributed by atoms with E-state index in [1.54, 1.807) is 7.11 Å². The molecular formula is C15H21NO2. The lowest BCUT2D eigenvalue weighted by atomic mass is 9.87. The van der Waals surface area contributed by atoms with Crippen molar-refractivity contribution in [2.45, 2.75) is 38.7 Å². The highest BCUT2D eigenvalue weighted by Gasteiger charge is 2.26. The maximum atomic E-state index is 12.1. The normalized spacial score (nSPS) is 23.7. The van der Waals surface area contributed by atoms with Gasteiger partial charge in [0.1, 0.15) is 0 Å². The molecule has 0 bridgehead atoms. The molecule has 1 aliphatic carbocycles. The molecular weight excluding hydrogens is 226 g/mol. The molecule has 1 N–H and O–H groups in total. The second kappa shape index (κ2) is 6.01. The van der Waals surface area contributed by atoms with E-state index in [9.17, 15) is 4.79 Å². The van der Waals surface area contributed by atoms with Gasteiger partial charge in [0.2, 0.25) is 5.91 Å². The zero-order valence-corrected chi connectivity index (χ0v) is 11.1. The summed E-state index contributed by atoms with van der Waals surface area (Å²) in [5, 5.41) is 2.99. The minimum Gasteiger partial charge on any atom is -0.381 e. The molecule has 1 fully saturated rings. The van der Waals surface area contributed by atoms with Crippen LogP contribution in [0.3, 0.4) is 0 Å². The average Bonchev–Trinajstić information content (AvgIpc) is 2.41. The van der Waals surface area contributed by atoms with Crippen molar-refractivity contribution in [2.75, 3.05) is 12.4 Å². The molecule has 0 saturated heterocycles. The molecule has 1 aromatic rings. The minimum absolute atomic E-state index is 0.137. The molecule has 0 atom stereocenters. The van der Waals surface area contributed by atoms with E-state index >= 15 is 0 Å². The fourth-order valence-corrected chi connectivity index (χ4v) is 2.44. The van der Waals surface area contributed by atoms with Gasteiger partial charge in [0, 0.05) is 18.7 Å². The third-order valence-corrected chi connectivity index (χ3v) is 3.70. The zero-order chi connectivity index (χ0) is 13.0. The lowest BCUT2D eigenvalue weighted by molar-refractivity contribution is -0.121. The van der Waals surface area contributed by atoms with E-state index in [0.717, 1.165) is 31.4 Å². The molecule has 0 unspecified atom stereocenters. The molecule has 0 radical (unpaired) electrons. The van der Waals surface area contributed by atoms with Gasteiger partial charge < -0.3 is 10.1 Å². The topological polar surface area (TPSA) is 38.3 Å². The number of hydrogen-bond acceptors (Lipinski definition) is 2. The van der Waals surface area contributed by atoms with Crippen molar-refractivity contribution in [1.29, 1.82) is 0 Å². The van der Waals surface area contributed by atoms with Crippen LogP contribution in [0.1, 0.15) is 31.2 Å². The van der Waals surface area contributed by atoms with E-state index in [1.807, 2.05) is 31.2 Å². The largest absolute Gasteiger partial charge is 0.381 e. The Balaban J connectivity index is 1.87. The van der Waals surface area contributed by atoms with Crippen LogP contribution in [0.4, 0.5) is 5.69 Å². The molecule has 1 amide bonds. The van der Waals surface area contributed by atoms with Crippen LogP contribution < -0.4 is 5.32 Å². The van der Waals surface area contributed by atoms with Gasteiger partial charge in [0.05, 0.1) is 6.10 Å². The Kier molecular flexibility index (Phi) is 4.37. The Morgan fingerprint density at radius 1 is 1.17 bits per heavy atom. The predicted molar refractivity (Wildman–Crippen MR) is 72.6 cm³/mol. The molecule has 3 heteroatoms. The number of hydrogen-bond donors (Lipinski definition) is 1. The predicted octanol–water partition coefficient (Wildman–Crippen LogP) is 3.14. The summed E-state index contributed by atoms with van der Waals surface area (Å²) >= 11 is 0. The van der Waals surface area contributed by atoms with Gasteiger partial charge in [-0.1, -0.05) is 17.7 Å². The highest BCUT2D eigenvalue weighted by molar-refractivity contribution is 5.92. The Morgan fingerprint density at radius 2 is 1.78 bits per heavy atom. The summed E-state index contributed by atoms with van der Waals surface area (Å²) < 4.78 is 5.32. The van der Waals surface area contributed by atoms with E-state index in [0.29, 0.717) is 6.10 Å². The number of benzene rings is 1. The van der Waals surface area contributed by atoms with Crippen molar-refractivity contribution in [1.82, 2.24) is 0 Å². The highest BCUT2D eigenvalue weighted by atomic mass is 16.5. The molecule has 1 saturated carbocycles. The van der Waals surface area contributed by atoms with Gasteiger partial charge in [0.15, 0.2) is 0 Å². The van der Waals surface area contributed by atoms with Crippen LogP contribution in [0.25, 0.3) is 0 Å². The van der Waals surface area contributed by atoms with Crippen molar-refractivity contribution >= 4 is 11.6 Å². The first-order valence-electron chi connectivity index (χ1n) is 6.59. The number of anilines is 1. The van der Waals surface area contributed by atoms with Gasteiger partial charge >= 0.3 is 0 Å². The molecule has 0 heterocycles. The first-order valence-corrected chi connectivity index (χ1v) is 6.59. The van der Waals surface area contributed by atoms with Crippen LogP contribution in [-0.4, -0.2) is 19.1 Å².